The number of nitrogens with zero attached hydrogens (tertiary/aromatic N) is 1. The average Bonchev–Trinajstić information content (AvgIpc) is 2.32. The molecule has 5 N–H and O–H groups in total. The largest absolute Gasteiger partial charge is 0.480 e. The van der Waals surface area contributed by atoms with Crippen LogP contribution in [0.5, 0.6) is 0 Å². The molecule has 0 aromatic carbocycles. The standard InChI is InChI=1S/C12H22N4O4/c1-7-5-8(3-4-16(7)2)14-12(20)15-9(11(18)19)6-10(13)17/h7-9H,3-6H2,1-2H3,(H2,13,17)(H,18,19)(H2,14,15,20)/t7?,8?,9-/m0/s1. The van der Waals surface area contributed by atoms with Crippen LogP contribution in [0.15, 0.2) is 0 Å². The van der Waals surface area contributed by atoms with E-state index in [9.17, 15) is 14.4 Å². The number of hydrogen-bond donors (Lipinski definition) is 4. The number of hydrogen-bond acceptors (Lipinski definition) is 4. The summed E-state index contributed by atoms with van der Waals surface area (Å²) in [5, 5.41) is 13.9. The van der Waals surface area contributed by atoms with Crippen LogP contribution in [0, 0.1) is 0 Å². The zero-order chi connectivity index (χ0) is 15.3. The number of nitrogens with one attached hydrogen (secondary N) is 2. The maximum atomic E-state index is 11.7. The highest BCUT2D eigenvalue weighted by atomic mass is 16.4. The van der Waals surface area contributed by atoms with Crippen molar-refractivity contribution in [2.75, 3.05) is 13.6 Å². The van der Waals surface area contributed by atoms with E-state index < -0.39 is 30.4 Å². The van der Waals surface area contributed by atoms with Gasteiger partial charge in [0.25, 0.3) is 0 Å². The molecule has 1 fully saturated rings. The molecule has 1 aliphatic heterocycles. The predicted molar refractivity (Wildman–Crippen MR) is 72.0 cm³/mol. The van der Waals surface area contributed by atoms with Gasteiger partial charge >= 0.3 is 12.0 Å². The van der Waals surface area contributed by atoms with E-state index in [1.165, 1.54) is 0 Å². The van der Waals surface area contributed by atoms with Gasteiger partial charge in [0.15, 0.2) is 0 Å². The highest BCUT2D eigenvalue weighted by Crippen LogP contribution is 2.15. The molecule has 0 aliphatic carbocycles. The highest BCUT2D eigenvalue weighted by Gasteiger charge is 2.26. The Hall–Kier alpha value is -1.83. The second kappa shape index (κ2) is 7.09. The summed E-state index contributed by atoms with van der Waals surface area (Å²) in [7, 11) is 2.02. The minimum Gasteiger partial charge on any atom is -0.480 e. The maximum absolute atomic E-state index is 11.7. The van der Waals surface area contributed by atoms with E-state index in [0.717, 1.165) is 19.4 Å². The summed E-state index contributed by atoms with van der Waals surface area (Å²) in [6.45, 7) is 2.94. The third kappa shape index (κ3) is 5.04. The van der Waals surface area contributed by atoms with Gasteiger partial charge < -0.3 is 26.4 Å². The lowest BCUT2D eigenvalue weighted by atomic mass is 9.99. The van der Waals surface area contributed by atoms with Crippen LogP contribution in [0.2, 0.25) is 0 Å². The van der Waals surface area contributed by atoms with Crippen LogP contribution >= 0.6 is 0 Å². The summed E-state index contributed by atoms with van der Waals surface area (Å²) >= 11 is 0. The lowest BCUT2D eigenvalue weighted by Crippen LogP contribution is -2.53. The smallest absolute Gasteiger partial charge is 0.326 e. The van der Waals surface area contributed by atoms with Gasteiger partial charge in [0.2, 0.25) is 5.91 Å². The third-order valence-electron chi connectivity index (χ3n) is 3.55. The molecule has 0 spiro atoms. The van der Waals surface area contributed by atoms with E-state index in [0.29, 0.717) is 6.04 Å². The fourth-order valence-electron chi connectivity index (χ4n) is 2.21. The molecule has 0 aromatic rings. The minimum atomic E-state index is -1.30. The number of rotatable bonds is 5. The van der Waals surface area contributed by atoms with Crippen molar-refractivity contribution in [1.82, 2.24) is 15.5 Å². The lowest BCUT2D eigenvalue weighted by Gasteiger charge is -2.35. The molecule has 0 saturated carbocycles. The summed E-state index contributed by atoms with van der Waals surface area (Å²) in [5.74, 6) is -2.05. The number of aliphatic carboxylic acids is 1. The first-order valence-corrected chi connectivity index (χ1v) is 6.58. The number of amides is 3. The third-order valence-corrected chi connectivity index (χ3v) is 3.55. The summed E-state index contributed by atoms with van der Waals surface area (Å²) in [6.07, 6.45) is 1.19. The Balaban J connectivity index is 2.45. The Bertz CT molecular complexity index is 388. The number of carboxylic acid groups (broad SMARTS) is 1. The first kappa shape index (κ1) is 16.2. The molecular formula is C12H22N4O4. The van der Waals surface area contributed by atoms with Crippen LogP contribution in [0.4, 0.5) is 4.79 Å². The van der Waals surface area contributed by atoms with Gasteiger partial charge in [-0.05, 0) is 26.8 Å². The van der Waals surface area contributed by atoms with Crippen LogP contribution < -0.4 is 16.4 Å². The second-order valence-electron chi connectivity index (χ2n) is 5.23. The van der Waals surface area contributed by atoms with Crippen molar-refractivity contribution in [3.8, 4) is 0 Å². The normalized spacial score (nSPS) is 24.7. The van der Waals surface area contributed by atoms with Gasteiger partial charge in [-0.2, -0.15) is 0 Å². The van der Waals surface area contributed by atoms with Crippen molar-refractivity contribution < 1.29 is 19.5 Å². The zero-order valence-corrected chi connectivity index (χ0v) is 11.8. The van der Waals surface area contributed by atoms with Crippen LogP contribution in [0.1, 0.15) is 26.2 Å². The molecule has 1 heterocycles. The maximum Gasteiger partial charge on any atom is 0.326 e. The van der Waals surface area contributed by atoms with E-state index in [1.807, 2.05) is 7.05 Å². The molecule has 2 unspecified atom stereocenters. The fraction of sp³-hybridized carbons (Fsp3) is 0.750. The van der Waals surface area contributed by atoms with Crippen LogP contribution in [0.3, 0.4) is 0 Å². The van der Waals surface area contributed by atoms with Gasteiger partial charge in [-0.3, -0.25) is 4.79 Å². The molecular weight excluding hydrogens is 264 g/mol. The van der Waals surface area contributed by atoms with Crippen molar-refractivity contribution in [3.63, 3.8) is 0 Å². The van der Waals surface area contributed by atoms with Crippen molar-refractivity contribution >= 4 is 17.9 Å². The van der Waals surface area contributed by atoms with Crippen molar-refractivity contribution in [2.45, 2.75) is 44.3 Å². The quantitative estimate of drug-likeness (QED) is 0.521. The van der Waals surface area contributed by atoms with E-state index in [4.69, 9.17) is 10.8 Å². The van der Waals surface area contributed by atoms with Crippen molar-refractivity contribution in [2.24, 2.45) is 5.73 Å². The number of piperidine rings is 1. The molecule has 1 rings (SSSR count). The fourth-order valence-corrected chi connectivity index (χ4v) is 2.21. The van der Waals surface area contributed by atoms with E-state index >= 15 is 0 Å². The summed E-state index contributed by atoms with van der Waals surface area (Å²) in [5.41, 5.74) is 4.95. The summed E-state index contributed by atoms with van der Waals surface area (Å²) < 4.78 is 0. The molecule has 3 atom stereocenters. The Morgan fingerprint density at radius 1 is 1.45 bits per heavy atom. The molecule has 8 heteroatoms. The molecule has 8 nitrogen and oxygen atoms in total. The predicted octanol–water partition coefficient (Wildman–Crippen LogP) is -0.903. The molecule has 0 aromatic heterocycles. The molecule has 0 radical (unpaired) electrons. The number of primary amides is 1. The first-order chi connectivity index (χ1) is 9.29. The zero-order valence-electron chi connectivity index (χ0n) is 11.8. The monoisotopic (exact) mass is 286 g/mol. The molecule has 114 valence electrons. The molecule has 3 amide bonds. The molecule has 0 bridgehead atoms. The van der Waals surface area contributed by atoms with Crippen molar-refractivity contribution in [3.05, 3.63) is 0 Å². The van der Waals surface area contributed by atoms with E-state index in [-0.39, 0.29) is 6.04 Å². The first-order valence-electron chi connectivity index (χ1n) is 6.58. The highest BCUT2D eigenvalue weighted by molar-refractivity contribution is 5.87. The summed E-state index contributed by atoms with van der Waals surface area (Å²) in [4.78, 5) is 35.6. The number of carboxylic acids is 1. The van der Waals surface area contributed by atoms with Crippen LogP contribution in [-0.4, -0.2) is 59.6 Å². The molecule has 1 aliphatic rings. The molecule has 20 heavy (non-hydrogen) atoms. The van der Waals surface area contributed by atoms with Gasteiger partial charge in [-0.15, -0.1) is 0 Å². The second-order valence-corrected chi connectivity index (χ2v) is 5.23. The van der Waals surface area contributed by atoms with Gasteiger partial charge in [-0.1, -0.05) is 0 Å². The molecule has 1 saturated heterocycles. The number of likely N-dealkylation sites (tertiary alicyclic amines) is 1. The van der Waals surface area contributed by atoms with Gasteiger partial charge in [0, 0.05) is 18.6 Å². The van der Waals surface area contributed by atoms with Gasteiger partial charge in [-0.25, -0.2) is 9.59 Å². The Morgan fingerprint density at radius 3 is 2.60 bits per heavy atom. The number of carbonyl (C=O) groups excluding carboxylic acids is 2. The van der Waals surface area contributed by atoms with Crippen molar-refractivity contribution in [1.29, 1.82) is 0 Å². The van der Waals surface area contributed by atoms with Crippen LogP contribution in [-0.2, 0) is 9.59 Å². The topological polar surface area (TPSA) is 125 Å². The SMILES string of the molecule is CC1CC(NC(=O)N[C@@H](CC(N)=O)C(=O)O)CCN1C. The Labute approximate surface area is 117 Å². The average molecular weight is 286 g/mol. The van der Waals surface area contributed by atoms with Crippen LogP contribution in [0.25, 0.3) is 0 Å². The number of urea groups is 1. The van der Waals surface area contributed by atoms with Gasteiger partial charge in [0.1, 0.15) is 6.04 Å². The number of nitrogens with two attached hydrogens (primary N) is 1. The Morgan fingerprint density at radius 2 is 2.10 bits per heavy atom. The lowest BCUT2D eigenvalue weighted by molar-refractivity contribution is -0.140. The Kier molecular flexibility index (Phi) is 5.75. The summed E-state index contributed by atoms with van der Waals surface area (Å²) in [6, 6.07) is -1.52. The minimum absolute atomic E-state index is 0.00391. The van der Waals surface area contributed by atoms with E-state index in [1.54, 1.807) is 0 Å². The number of carbonyl (C=O) groups is 3. The van der Waals surface area contributed by atoms with E-state index in [2.05, 4.69) is 22.5 Å². The van der Waals surface area contributed by atoms with Gasteiger partial charge in [0.05, 0.1) is 6.42 Å².